The number of carbonyl (C=O) groups is 3. The van der Waals surface area contributed by atoms with E-state index in [9.17, 15) is 14.4 Å². The van der Waals surface area contributed by atoms with Crippen LogP contribution in [0.25, 0.3) is 6.08 Å². The Morgan fingerprint density at radius 1 is 1.32 bits per heavy atom. The van der Waals surface area contributed by atoms with Gasteiger partial charge in [0.1, 0.15) is 11.4 Å². The normalized spacial score (nSPS) is 15.8. The fourth-order valence-electron chi connectivity index (χ4n) is 1.85. The van der Waals surface area contributed by atoms with Crippen LogP contribution in [-0.4, -0.2) is 35.9 Å². The second kappa shape index (κ2) is 6.57. The number of nitrogens with two attached hydrogens (primary N) is 1. The molecule has 0 bridgehead atoms. The second-order valence-corrected chi connectivity index (χ2v) is 4.52. The second-order valence-electron chi connectivity index (χ2n) is 4.52. The van der Waals surface area contributed by atoms with Crippen LogP contribution >= 0.6 is 0 Å². The number of nitrogens with zero attached hydrogens (tertiary/aromatic N) is 1. The maximum Gasteiger partial charge on any atom is 0.329 e. The zero-order valence-corrected chi connectivity index (χ0v) is 11.7. The van der Waals surface area contributed by atoms with E-state index in [1.165, 1.54) is 6.08 Å². The lowest BCUT2D eigenvalue weighted by molar-refractivity contribution is -0.122. The van der Waals surface area contributed by atoms with Gasteiger partial charge < -0.3 is 15.8 Å². The monoisotopic (exact) mass is 301 g/mol. The molecular weight excluding hydrogens is 286 g/mol. The number of rotatable bonds is 6. The number of hydrogen-bond acceptors (Lipinski definition) is 4. The Morgan fingerprint density at radius 3 is 2.59 bits per heavy atom. The van der Waals surface area contributed by atoms with Crippen LogP contribution < -0.4 is 15.8 Å². The van der Waals surface area contributed by atoms with E-state index in [2.05, 4.69) is 11.9 Å². The molecule has 7 nitrogen and oxygen atoms in total. The lowest BCUT2D eigenvalue weighted by atomic mass is 10.2. The minimum Gasteiger partial charge on any atom is -0.484 e. The summed E-state index contributed by atoms with van der Waals surface area (Å²) in [7, 11) is 0. The van der Waals surface area contributed by atoms with Gasteiger partial charge in [0.15, 0.2) is 6.61 Å². The lowest BCUT2D eigenvalue weighted by Gasteiger charge is -2.06. The van der Waals surface area contributed by atoms with Crippen LogP contribution in [0, 0.1) is 0 Å². The van der Waals surface area contributed by atoms with E-state index in [4.69, 9.17) is 10.5 Å². The van der Waals surface area contributed by atoms with Crippen LogP contribution in [0.3, 0.4) is 0 Å². The fourth-order valence-corrected chi connectivity index (χ4v) is 1.85. The summed E-state index contributed by atoms with van der Waals surface area (Å²) in [5.74, 6) is -0.484. The lowest BCUT2D eigenvalue weighted by Crippen LogP contribution is -2.30. The highest BCUT2D eigenvalue weighted by molar-refractivity contribution is 6.14. The minimum atomic E-state index is -0.562. The highest BCUT2D eigenvalue weighted by atomic mass is 16.5. The molecule has 0 aliphatic carbocycles. The van der Waals surface area contributed by atoms with Crippen molar-refractivity contribution >= 4 is 23.9 Å². The molecule has 114 valence electrons. The Hall–Kier alpha value is -3.09. The molecule has 0 spiro atoms. The topological polar surface area (TPSA) is 102 Å². The minimum absolute atomic E-state index is 0.155. The van der Waals surface area contributed by atoms with E-state index in [0.717, 1.165) is 4.90 Å². The third-order valence-corrected chi connectivity index (χ3v) is 2.85. The number of carbonyl (C=O) groups excluding carboxylic acids is 3. The molecule has 4 amide bonds. The Balaban J connectivity index is 2.09. The summed E-state index contributed by atoms with van der Waals surface area (Å²) < 4.78 is 5.13. The van der Waals surface area contributed by atoms with Gasteiger partial charge in [0.25, 0.3) is 11.8 Å². The predicted molar refractivity (Wildman–Crippen MR) is 79.6 cm³/mol. The zero-order chi connectivity index (χ0) is 16.1. The van der Waals surface area contributed by atoms with Crippen molar-refractivity contribution in [1.82, 2.24) is 10.2 Å². The predicted octanol–water partition coefficient (Wildman–Crippen LogP) is 0.629. The van der Waals surface area contributed by atoms with Gasteiger partial charge in [-0.15, -0.1) is 6.58 Å². The molecule has 1 heterocycles. The summed E-state index contributed by atoms with van der Waals surface area (Å²) in [6.45, 7) is 3.45. The number of imide groups is 1. The van der Waals surface area contributed by atoms with Crippen molar-refractivity contribution in [2.45, 2.75) is 0 Å². The van der Waals surface area contributed by atoms with E-state index in [1.54, 1.807) is 30.3 Å². The molecule has 0 unspecified atom stereocenters. The quantitative estimate of drug-likeness (QED) is 0.457. The first-order chi connectivity index (χ1) is 10.5. The van der Waals surface area contributed by atoms with Crippen molar-refractivity contribution in [3.63, 3.8) is 0 Å². The summed E-state index contributed by atoms with van der Waals surface area (Å²) in [6, 6.07) is 6.19. The van der Waals surface area contributed by atoms with E-state index in [-0.39, 0.29) is 18.8 Å². The summed E-state index contributed by atoms with van der Waals surface area (Å²) in [4.78, 5) is 35.3. The van der Waals surface area contributed by atoms with Crippen LogP contribution in [0.2, 0.25) is 0 Å². The van der Waals surface area contributed by atoms with Gasteiger partial charge >= 0.3 is 6.03 Å². The summed E-state index contributed by atoms with van der Waals surface area (Å²) >= 11 is 0. The van der Waals surface area contributed by atoms with Crippen LogP contribution in [0.15, 0.2) is 42.6 Å². The van der Waals surface area contributed by atoms with E-state index >= 15 is 0 Å². The van der Waals surface area contributed by atoms with Crippen molar-refractivity contribution in [2.24, 2.45) is 5.73 Å². The number of urea groups is 1. The molecule has 1 fully saturated rings. The Bertz CT molecular complexity index is 649. The molecule has 22 heavy (non-hydrogen) atoms. The first-order valence-electron chi connectivity index (χ1n) is 6.48. The van der Waals surface area contributed by atoms with Crippen LogP contribution in [0.4, 0.5) is 4.79 Å². The maximum absolute atomic E-state index is 12.0. The molecule has 0 atom stereocenters. The molecule has 2 rings (SSSR count). The van der Waals surface area contributed by atoms with Gasteiger partial charge in [0.05, 0.1) is 0 Å². The number of hydrogen-bond donors (Lipinski definition) is 2. The van der Waals surface area contributed by atoms with Gasteiger partial charge in [-0.3, -0.25) is 14.5 Å². The van der Waals surface area contributed by atoms with Crippen molar-refractivity contribution in [1.29, 1.82) is 0 Å². The first-order valence-corrected chi connectivity index (χ1v) is 6.48. The fraction of sp³-hybridized carbons (Fsp3) is 0.133. The third-order valence-electron chi connectivity index (χ3n) is 2.85. The van der Waals surface area contributed by atoms with Gasteiger partial charge in [-0.05, 0) is 23.8 Å². The SMILES string of the molecule is C=CCN1C(=O)N/C(=C/c2ccc(OCC(N)=O)cc2)C1=O. The summed E-state index contributed by atoms with van der Waals surface area (Å²) in [5.41, 5.74) is 5.88. The molecular formula is C15H15N3O4. The number of nitrogens with one attached hydrogen (secondary N) is 1. The Kier molecular flexibility index (Phi) is 4.57. The Morgan fingerprint density at radius 2 is 2.00 bits per heavy atom. The number of ether oxygens (including phenoxy) is 1. The van der Waals surface area contributed by atoms with Crippen LogP contribution in [0.5, 0.6) is 5.75 Å². The van der Waals surface area contributed by atoms with E-state index in [1.807, 2.05) is 0 Å². The van der Waals surface area contributed by atoms with Gasteiger partial charge in [-0.2, -0.15) is 0 Å². The standard InChI is InChI=1S/C15H15N3O4/c1-2-7-18-14(20)12(17-15(18)21)8-10-3-5-11(6-4-10)22-9-13(16)19/h2-6,8H,1,7,9H2,(H2,16,19)(H,17,21)/b12-8+. The van der Waals surface area contributed by atoms with E-state index in [0.29, 0.717) is 11.3 Å². The van der Waals surface area contributed by atoms with Gasteiger partial charge in [-0.25, -0.2) is 4.79 Å². The molecule has 1 saturated heterocycles. The summed E-state index contributed by atoms with van der Waals surface area (Å²) in [5, 5.41) is 2.50. The first kappa shape index (κ1) is 15.3. The zero-order valence-electron chi connectivity index (χ0n) is 11.7. The molecule has 1 aliphatic heterocycles. The smallest absolute Gasteiger partial charge is 0.329 e. The number of benzene rings is 1. The molecule has 3 N–H and O–H groups in total. The number of amides is 4. The average molecular weight is 301 g/mol. The molecule has 7 heteroatoms. The Labute approximate surface area is 127 Å². The molecule has 1 aromatic carbocycles. The summed E-state index contributed by atoms with van der Waals surface area (Å²) in [6.07, 6.45) is 3.03. The van der Waals surface area contributed by atoms with Crippen molar-refractivity contribution in [3.8, 4) is 5.75 Å². The van der Waals surface area contributed by atoms with E-state index < -0.39 is 17.8 Å². The van der Waals surface area contributed by atoms with Gasteiger partial charge in [0.2, 0.25) is 0 Å². The molecule has 1 aromatic rings. The van der Waals surface area contributed by atoms with Crippen molar-refractivity contribution in [2.75, 3.05) is 13.2 Å². The molecule has 0 radical (unpaired) electrons. The average Bonchev–Trinajstić information content (AvgIpc) is 2.74. The molecule has 1 aliphatic rings. The number of primary amides is 1. The highest BCUT2D eigenvalue weighted by Gasteiger charge is 2.32. The van der Waals surface area contributed by atoms with Crippen molar-refractivity contribution in [3.05, 3.63) is 48.2 Å². The van der Waals surface area contributed by atoms with Crippen molar-refractivity contribution < 1.29 is 19.1 Å². The molecule has 0 aromatic heterocycles. The van der Waals surface area contributed by atoms with Gasteiger partial charge in [0, 0.05) is 6.54 Å². The van der Waals surface area contributed by atoms with Gasteiger partial charge in [-0.1, -0.05) is 18.2 Å². The largest absolute Gasteiger partial charge is 0.484 e. The highest BCUT2D eigenvalue weighted by Crippen LogP contribution is 2.17. The molecule has 0 saturated carbocycles. The maximum atomic E-state index is 12.0. The van der Waals surface area contributed by atoms with Crippen LogP contribution in [0.1, 0.15) is 5.56 Å². The van der Waals surface area contributed by atoms with Crippen LogP contribution in [-0.2, 0) is 9.59 Å². The third kappa shape index (κ3) is 3.51.